The zero-order valence-electron chi connectivity index (χ0n) is 11.0. The molecule has 1 amide bonds. The third-order valence-corrected chi connectivity index (χ3v) is 2.96. The smallest absolute Gasteiger partial charge is 0.251 e. The van der Waals surface area contributed by atoms with Crippen LogP contribution in [0.1, 0.15) is 27.8 Å². The maximum absolute atomic E-state index is 11.9. The molecule has 21 heavy (non-hydrogen) atoms. The highest BCUT2D eigenvalue weighted by atomic mass is 16.5. The van der Waals surface area contributed by atoms with E-state index in [2.05, 4.69) is 5.32 Å². The van der Waals surface area contributed by atoms with Crippen LogP contribution in [0.15, 0.2) is 42.5 Å². The second-order valence-corrected chi connectivity index (χ2v) is 4.47. The summed E-state index contributed by atoms with van der Waals surface area (Å²) in [5.74, 6) is -0.958. The van der Waals surface area contributed by atoms with Crippen LogP contribution >= 0.6 is 0 Å². The molecule has 0 heterocycles. The molecule has 0 fully saturated rings. The lowest BCUT2D eigenvalue weighted by Gasteiger charge is -2.13. The van der Waals surface area contributed by atoms with E-state index in [1.54, 1.807) is 30.3 Å². The van der Waals surface area contributed by atoms with E-state index in [0.717, 1.165) is 6.07 Å². The lowest BCUT2D eigenvalue weighted by molar-refractivity contribution is -0.0441. The number of hydrogen-bond acceptors (Lipinski definition) is 5. The number of phenolic OH excluding ortho intramolecular Hbond substituents is 2. The average Bonchev–Trinajstić information content (AvgIpc) is 2.48. The van der Waals surface area contributed by atoms with Crippen LogP contribution in [0.25, 0.3) is 0 Å². The molecule has 0 atom stereocenters. The second kappa shape index (κ2) is 6.25. The summed E-state index contributed by atoms with van der Waals surface area (Å²) < 4.78 is 0. The number of aliphatic hydroxyl groups is 2. The first-order valence-electron chi connectivity index (χ1n) is 6.23. The Kier molecular flexibility index (Phi) is 4.42. The highest BCUT2D eigenvalue weighted by Crippen LogP contribution is 2.31. The summed E-state index contributed by atoms with van der Waals surface area (Å²) in [6.07, 6.45) is -1.92. The molecular weight excluding hydrogens is 274 g/mol. The largest absolute Gasteiger partial charge is 0.508 e. The number of benzene rings is 2. The van der Waals surface area contributed by atoms with Crippen molar-refractivity contribution in [3.05, 3.63) is 59.2 Å². The third kappa shape index (κ3) is 3.50. The Morgan fingerprint density at radius 3 is 2.38 bits per heavy atom. The van der Waals surface area contributed by atoms with E-state index < -0.39 is 6.29 Å². The topological polar surface area (TPSA) is 110 Å². The fraction of sp³-hybridized carbons (Fsp3) is 0.133. The summed E-state index contributed by atoms with van der Waals surface area (Å²) in [5, 5.41) is 40.2. The quantitative estimate of drug-likeness (QED) is 0.426. The Labute approximate surface area is 120 Å². The van der Waals surface area contributed by atoms with Crippen molar-refractivity contribution in [2.24, 2.45) is 0 Å². The fourth-order valence-electron chi connectivity index (χ4n) is 1.90. The standard InChI is InChI=1S/C15H15NO5/c17-11-6-10(13(18)12(7-11)15(20)21)8-16-14(19)9-4-2-1-3-5-9/h1-7,15,17-18,20-21H,8H2,(H,16,19). The van der Waals surface area contributed by atoms with Crippen LogP contribution in [-0.2, 0) is 6.54 Å². The first kappa shape index (κ1) is 14.8. The number of hydrogen-bond donors (Lipinski definition) is 5. The van der Waals surface area contributed by atoms with Gasteiger partial charge in [-0.1, -0.05) is 18.2 Å². The van der Waals surface area contributed by atoms with Gasteiger partial charge in [0.15, 0.2) is 6.29 Å². The van der Waals surface area contributed by atoms with Crippen LogP contribution in [0.5, 0.6) is 11.5 Å². The second-order valence-electron chi connectivity index (χ2n) is 4.47. The minimum Gasteiger partial charge on any atom is -0.508 e. The molecule has 110 valence electrons. The summed E-state index contributed by atoms with van der Waals surface area (Å²) in [7, 11) is 0. The molecule has 0 aromatic heterocycles. The lowest BCUT2D eigenvalue weighted by Crippen LogP contribution is -2.22. The zero-order chi connectivity index (χ0) is 15.4. The lowest BCUT2D eigenvalue weighted by atomic mass is 10.1. The molecule has 5 N–H and O–H groups in total. The molecule has 0 aliphatic rings. The van der Waals surface area contributed by atoms with Crippen molar-refractivity contribution in [1.82, 2.24) is 5.32 Å². The van der Waals surface area contributed by atoms with Crippen molar-refractivity contribution < 1.29 is 25.2 Å². The number of amides is 1. The van der Waals surface area contributed by atoms with Gasteiger partial charge in [-0.05, 0) is 24.3 Å². The Balaban J connectivity index is 2.15. The average molecular weight is 289 g/mol. The molecule has 0 aliphatic heterocycles. The first-order chi connectivity index (χ1) is 9.99. The van der Waals surface area contributed by atoms with Crippen molar-refractivity contribution in [3.63, 3.8) is 0 Å². The van der Waals surface area contributed by atoms with Gasteiger partial charge in [0.2, 0.25) is 0 Å². The summed E-state index contributed by atoms with van der Waals surface area (Å²) in [5.41, 5.74) is 0.418. The summed E-state index contributed by atoms with van der Waals surface area (Å²) in [4.78, 5) is 11.9. The van der Waals surface area contributed by atoms with Crippen LogP contribution in [0.4, 0.5) is 0 Å². The Morgan fingerprint density at radius 1 is 1.10 bits per heavy atom. The van der Waals surface area contributed by atoms with Gasteiger partial charge >= 0.3 is 0 Å². The molecule has 0 bridgehead atoms. The van der Waals surface area contributed by atoms with Gasteiger partial charge in [-0.15, -0.1) is 0 Å². The van der Waals surface area contributed by atoms with E-state index in [1.807, 2.05) is 0 Å². The van der Waals surface area contributed by atoms with Gasteiger partial charge in [-0.25, -0.2) is 0 Å². The first-order valence-corrected chi connectivity index (χ1v) is 6.23. The summed E-state index contributed by atoms with van der Waals surface area (Å²) in [6.45, 7) is -0.0618. The maximum atomic E-state index is 11.9. The van der Waals surface area contributed by atoms with Gasteiger partial charge in [0.25, 0.3) is 5.91 Å². The highest BCUT2D eigenvalue weighted by molar-refractivity contribution is 5.94. The van der Waals surface area contributed by atoms with Crippen LogP contribution in [0.3, 0.4) is 0 Å². The molecular formula is C15H15NO5. The van der Waals surface area contributed by atoms with E-state index in [1.165, 1.54) is 6.07 Å². The summed E-state index contributed by atoms with van der Waals surface area (Å²) in [6, 6.07) is 10.8. The molecule has 0 radical (unpaired) electrons. The van der Waals surface area contributed by atoms with E-state index in [-0.39, 0.29) is 35.1 Å². The molecule has 2 aromatic carbocycles. The highest BCUT2D eigenvalue weighted by Gasteiger charge is 2.15. The number of carbonyl (C=O) groups excluding carboxylic acids is 1. The Morgan fingerprint density at radius 2 is 1.76 bits per heavy atom. The SMILES string of the molecule is O=C(NCc1cc(O)cc(C(O)O)c1O)c1ccccc1. The Bertz CT molecular complexity index is 640. The van der Waals surface area contributed by atoms with Crippen molar-refractivity contribution in [2.45, 2.75) is 12.8 Å². The van der Waals surface area contributed by atoms with Crippen molar-refractivity contribution in [3.8, 4) is 11.5 Å². The number of aliphatic hydroxyl groups excluding tert-OH is 1. The van der Waals surface area contributed by atoms with Gasteiger partial charge in [0.05, 0.1) is 5.56 Å². The van der Waals surface area contributed by atoms with Crippen LogP contribution in [-0.4, -0.2) is 26.3 Å². The number of carbonyl (C=O) groups is 1. The monoisotopic (exact) mass is 289 g/mol. The van der Waals surface area contributed by atoms with Crippen molar-refractivity contribution in [2.75, 3.05) is 0 Å². The minimum absolute atomic E-state index is 0.0618. The van der Waals surface area contributed by atoms with Crippen LogP contribution < -0.4 is 5.32 Å². The molecule has 0 spiro atoms. The van der Waals surface area contributed by atoms with E-state index in [9.17, 15) is 15.0 Å². The predicted octanol–water partition coefficient (Wildman–Crippen LogP) is 1.01. The molecule has 0 saturated carbocycles. The molecule has 6 nitrogen and oxygen atoms in total. The number of aromatic hydroxyl groups is 2. The van der Waals surface area contributed by atoms with Gasteiger partial charge in [0, 0.05) is 17.7 Å². The molecule has 2 aromatic rings. The van der Waals surface area contributed by atoms with Crippen molar-refractivity contribution in [1.29, 1.82) is 0 Å². The van der Waals surface area contributed by atoms with E-state index in [4.69, 9.17) is 10.2 Å². The number of rotatable bonds is 4. The minimum atomic E-state index is -1.92. The zero-order valence-corrected chi connectivity index (χ0v) is 11.0. The number of nitrogens with one attached hydrogen (secondary N) is 1. The molecule has 0 unspecified atom stereocenters. The Hall–Kier alpha value is -2.57. The van der Waals surface area contributed by atoms with Gasteiger partial charge in [-0.3, -0.25) is 4.79 Å². The molecule has 6 heteroatoms. The predicted molar refractivity (Wildman–Crippen MR) is 74.6 cm³/mol. The van der Waals surface area contributed by atoms with Gasteiger partial charge in [0.1, 0.15) is 11.5 Å². The normalized spacial score (nSPS) is 10.6. The van der Waals surface area contributed by atoms with Crippen LogP contribution in [0, 0.1) is 0 Å². The summed E-state index contributed by atoms with van der Waals surface area (Å²) >= 11 is 0. The van der Waals surface area contributed by atoms with E-state index >= 15 is 0 Å². The van der Waals surface area contributed by atoms with Crippen molar-refractivity contribution >= 4 is 5.91 Å². The van der Waals surface area contributed by atoms with Gasteiger partial charge < -0.3 is 25.7 Å². The number of phenols is 2. The molecule has 0 aliphatic carbocycles. The molecule has 2 rings (SSSR count). The van der Waals surface area contributed by atoms with Crippen LogP contribution in [0.2, 0.25) is 0 Å². The third-order valence-electron chi connectivity index (χ3n) is 2.96. The van der Waals surface area contributed by atoms with Gasteiger partial charge in [-0.2, -0.15) is 0 Å². The maximum Gasteiger partial charge on any atom is 0.251 e. The molecule has 0 saturated heterocycles. The van der Waals surface area contributed by atoms with E-state index in [0.29, 0.717) is 5.56 Å². The fourth-order valence-corrected chi connectivity index (χ4v) is 1.90.